The van der Waals surface area contributed by atoms with Crippen LogP contribution in [0.15, 0.2) is 64.4 Å². The van der Waals surface area contributed by atoms with Gasteiger partial charge in [-0.3, -0.25) is 19.6 Å². The number of rotatable bonds is 4. The second-order valence-electron chi connectivity index (χ2n) is 6.01. The highest BCUT2D eigenvalue weighted by Gasteiger charge is 2.11. The highest BCUT2D eigenvalue weighted by molar-refractivity contribution is 6.30. The zero-order chi connectivity index (χ0) is 19.0. The van der Waals surface area contributed by atoms with E-state index in [1.165, 1.54) is 6.33 Å². The van der Waals surface area contributed by atoms with Crippen LogP contribution in [0.4, 0.5) is 0 Å². The molecule has 4 aromatic rings. The van der Waals surface area contributed by atoms with Crippen LogP contribution in [0.1, 0.15) is 21.5 Å². The topological polar surface area (TPSA) is 101 Å². The van der Waals surface area contributed by atoms with Gasteiger partial charge in [0.05, 0.1) is 6.33 Å². The molecule has 0 aliphatic heterocycles. The van der Waals surface area contributed by atoms with E-state index in [4.69, 9.17) is 11.6 Å². The monoisotopic (exact) mass is 416 g/mol. The Labute approximate surface area is 169 Å². The number of halogens is 2. The van der Waals surface area contributed by atoms with Gasteiger partial charge in [0.1, 0.15) is 0 Å². The predicted octanol–water partition coefficient (Wildman–Crippen LogP) is 2.77. The van der Waals surface area contributed by atoms with Gasteiger partial charge in [-0.15, -0.1) is 12.4 Å². The molecule has 0 spiro atoms. The summed E-state index contributed by atoms with van der Waals surface area (Å²) in [7, 11) is 0. The van der Waals surface area contributed by atoms with Crippen molar-refractivity contribution >= 4 is 41.0 Å². The van der Waals surface area contributed by atoms with Crippen molar-refractivity contribution in [3.63, 3.8) is 0 Å². The molecule has 2 aromatic heterocycles. The molecule has 2 N–H and O–H groups in total. The van der Waals surface area contributed by atoms with Crippen LogP contribution in [-0.2, 0) is 6.54 Å². The number of carbonyl (C=O) groups excluding carboxylic acids is 1. The van der Waals surface area contributed by atoms with Gasteiger partial charge in [-0.25, -0.2) is 9.78 Å². The van der Waals surface area contributed by atoms with E-state index in [2.05, 4.69) is 15.0 Å². The molecule has 0 amide bonds. The Kier molecular flexibility index (Phi) is 5.48. The number of carbonyl (C=O) groups is 1. The van der Waals surface area contributed by atoms with Crippen LogP contribution < -0.4 is 11.2 Å². The molecule has 7 nitrogen and oxygen atoms in total. The predicted molar refractivity (Wildman–Crippen MR) is 109 cm³/mol. The molecular weight excluding hydrogens is 403 g/mol. The average molecular weight is 417 g/mol. The molecule has 0 aliphatic rings. The molecule has 9 heteroatoms. The third-order valence-corrected chi connectivity index (χ3v) is 4.44. The smallest absolute Gasteiger partial charge is 0.320 e. The summed E-state index contributed by atoms with van der Waals surface area (Å²) in [6, 6.07) is 13.8. The molecule has 28 heavy (non-hydrogen) atoms. The number of hydrogen-bond donors (Lipinski definition) is 2. The van der Waals surface area contributed by atoms with Crippen molar-refractivity contribution in [1.29, 1.82) is 0 Å². The van der Waals surface area contributed by atoms with Crippen molar-refractivity contribution < 1.29 is 4.79 Å². The van der Waals surface area contributed by atoms with Crippen molar-refractivity contribution in [2.75, 3.05) is 0 Å². The van der Waals surface area contributed by atoms with E-state index in [1.807, 2.05) is 12.1 Å². The Morgan fingerprint density at radius 2 is 1.57 bits per heavy atom. The molecule has 0 unspecified atom stereocenters. The molecule has 4 rings (SSSR count). The summed E-state index contributed by atoms with van der Waals surface area (Å²) in [5.74, 6) is -0.0969. The molecule has 0 fully saturated rings. The fraction of sp³-hybridized carbons (Fsp3) is 0.0526. The number of H-pyrrole nitrogens is 2. The van der Waals surface area contributed by atoms with Gasteiger partial charge in [-0.05, 0) is 29.8 Å². The van der Waals surface area contributed by atoms with Gasteiger partial charge in [-0.2, -0.15) is 0 Å². The molecule has 0 atom stereocenters. The summed E-state index contributed by atoms with van der Waals surface area (Å²) < 4.78 is 1.64. The van der Waals surface area contributed by atoms with Crippen LogP contribution in [0.25, 0.3) is 11.2 Å². The summed E-state index contributed by atoms with van der Waals surface area (Å²) in [5.41, 5.74) is 1.42. The highest BCUT2D eigenvalue weighted by Crippen LogP contribution is 2.15. The van der Waals surface area contributed by atoms with Gasteiger partial charge in [-0.1, -0.05) is 35.9 Å². The van der Waals surface area contributed by atoms with Crippen LogP contribution in [0.5, 0.6) is 0 Å². The van der Waals surface area contributed by atoms with Crippen molar-refractivity contribution in [2.24, 2.45) is 0 Å². The molecule has 0 radical (unpaired) electrons. The van der Waals surface area contributed by atoms with E-state index in [0.717, 1.165) is 5.56 Å². The first-order valence-electron chi connectivity index (χ1n) is 8.08. The van der Waals surface area contributed by atoms with Gasteiger partial charge in [0.15, 0.2) is 16.9 Å². The number of aromatic nitrogens is 4. The maximum atomic E-state index is 12.5. The Morgan fingerprint density at radius 1 is 0.964 bits per heavy atom. The Morgan fingerprint density at radius 3 is 2.21 bits per heavy atom. The fourth-order valence-corrected chi connectivity index (χ4v) is 2.98. The lowest BCUT2D eigenvalue weighted by molar-refractivity contribution is 0.103. The van der Waals surface area contributed by atoms with E-state index in [0.29, 0.717) is 22.7 Å². The standard InChI is InChI=1S/C19H13ClN4O3.ClH/c20-14-7-5-13(6-8-14)16(25)12-3-1-11(2-4-12)9-24-10-21-17-15(24)18(26)23-19(27)22-17;/h1-8,10H,9H2,(H2,22,23,26,27);1H. The summed E-state index contributed by atoms with van der Waals surface area (Å²) in [6.07, 6.45) is 1.49. The number of fused-ring (bicyclic) bond motifs is 1. The van der Waals surface area contributed by atoms with Gasteiger partial charge in [0.2, 0.25) is 0 Å². The summed E-state index contributed by atoms with van der Waals surface area (Å²) in [6.45, 7) is 0.376. The third kappa shape index (κ3) is 3.76. The lowest BCUT2D eigenvalue weighted by Gasteiger charge is -2.06. The first-order valence-corrected chi connectivity index (χ1v) is 8.46. The Hall–Kier alpha value is -3.16. The lowest BCUT2D eigenvalue weighted by atomic mass is 10.0. The van der Waals surface area contributed by atoms with Crippen LogP contribution >= 0.6 is 24.0 Å². The fourth-order valence-electron chi connectivity index (χ4n) is 2.86. The van der Waals surface area contributed by atoms with Crippen LogP contribution in [0.3, 0.4) is 0 Å². The maximum absolute atomic E-state index is 12.5. The number of aromatic amines is 2. The van der Waals surface area contributed by atoms with Crippen molar-refractivity contribution in [3.05, 3.63) is 97.4 Å². The van der Waals surface area contributed by atoms with Gasteiger partial charge in [0.25, 0.3) is 5.56 Å². The van der Waals surface area contributed by atoms with E-state index < -0.39 is 11.2 Å². The first kappa shape index (κ1) is 19.6. The molecule has 2 aromatic carbocycles. The van der Waals surface area contributed by atoms with Gasteiger partial charge >= 0.3 is 5.69 Å². The molecular formula is C19H14Cl2N4O3. The SMILES string of the molecule is Cl.O=C(c1ccc(Cl)cc1)c1ccc(Cn2cnc3[nH]c(=O)[nH]c(=O)c32)cc1. The van der Waals surface area contributed by atoms with Crippen LogP contribution in [0, 0.1) is 0 Å². The normalized spacial score (nSPS) is 10.6. The molecule has 0 aliphatic carbocycles. The molecule has 0 bridgehead atoms. The van der Waals surface area contributed by atoms with Crippen molar-refractivity contribution in [3.8, 4) is 0 Å². The number of nitrogens with one attached hydrogen (secondary N) is 2. The van der Waals surface area contributed by atoms with Gasteiger partial charge < -0.3 is 4.57 Å². The quantitative estimate of drug-likeness (QED) is 0.499. The molecule has 0 saturated carbocycles. The zero-order valence-electron chi connectivity index (χ0n) is 14.3. The van der Waals surface area contributed by atoms with E-state index in [9.17, 15) is 14.4 Å². The molecule has 142 valence electrons. The van der Waals surface area contributed by atoms with E-state index >= 15 is 0 Å². The second-order valence-corrected chi connectivity index (χ2v) is 6.45. The van der Waals surface area contributed by atoms with E-state index in [-0.39, 0.29) is 29.4 Å². The number of imidazole rings is 1. The summed E-state index contributed by atoms with van der Waals surface area (Å²) >= 11 is 5.85. The largest absolute Gasteiger partial charge is 0.327 e. The number of ketones is 1. The van der Waals surface area contributed by atoms with Crippen LogP contribution in [0.2, 0.25) is 5.02 Å². The molecule has 0 saturated heterocycles. The lowest BCUT2D eigenvalue weighted by Crippen LogP contribution is -2.23. The number of nitrogens with zero attached hydrogens (tertiary/aromatic N) is 2. The van der Waals surface area contributed by atoms with Gasteiger partial charge in [0, 0.05) is 22.7 Å². The molecule has 2 heterocycles. The summed E-state index contributed by atoms with van der Waals surface area (Å²) in [4.78, 5) is 44.5. The Balaban J connectivity index is 0.00000225. The second kappa shape index (κ2) is 7.84. The Bertz CT molecular complexity index is 1260. The van der Waals surface area contributed by atoms with Crippen LogP contribution in [-0.4, -0.2) is 25.3 Å². The minimum Gasteiger partial charge on any atom is -0.320 e. The van der Waals surface area contributed by atoms with Crippen molar-refractivity contribution in [2.45, 2.75) is 6.54 Å². The zero-order valence-corrected chi connectivity index (χ0v) is 15.9. The average Bonchev–Trinajstić information content (AvgIpc) is 3.05. The minimum atomic E-state index is -0.595. The number of hydrogen-bond acceptors (Lipinski definition) is 4. The minimum absolute atomic E-state index is 0. The van der Waals surface area contributed by atoms with Crippen molar-refractivity contribution in [1.82, 2.24) is 19.5 Å². The third-order valence-electron chi connectivity index (χ3n) is 4.19. The first-order chi connectivity index (χ1) is 13.0. The van der Waals surface area contributed by atoms with E-state index in [1.54, 1.807) is 41.0 Å². The number of benzene rings is 2. The maximum Gasteiger partial charge on any atom is 0.327 e. The highest BCUT2D eigenvalue weighted by atomic mass is 35.5. The summed E-state index contributed by atoms with van der Waals surface area (Å²) in [5, 5.41) is 0.575.